The number of hydrogen-bond donors (Lipinski definition) is 2. The van der Waals surface area contributed by atoms with Crippen LogP contribution in [0.5, 0.6) is 0 Å². The number of anilines is 2. The van der Waals surface area contributed by atoms with Gasteiger partial charge in [0.2, 0.25) is 0 Å². The molecule has 0 saturated carbocycles. The Kier molecular flexibility index (Phi) is 3.57. The van der Waals surface area contributed by atoms with E-state index in [4.69, 9.17) is 5.73 Å². The van der Waals surface area contributed by atoms with Crippen LogP contribution >= 0.6 is 11.3 Å². The van der Waals surface area contributed by atoms with Gasteiger partial charge in [0.15, 0.2) is 5.13 Å². The summed E-state index contributed by atoms with van der Waals surface area (Å²) in [5.74, 6) is -0.261. The van der Waals surface area contributed by atoms with E-state index in [0.717, 1.165) is 11.3 Å². The van der Waals surface area contributed by atoms with E-state index >= 15 is 0 Å². The first-order valence-electron chi connectivity index (χ1n) is 6.12. The van der Waals surface area contributed by atoms with Gasteiger partial charge in [0.05, 0.1) is 23.7 Å². The lowest BCUT2D eigenvalue weighted by Gasteiger charge is -2.00. The van der Waals surface area contributed by atoms with Crippen LogP contribution in [0.3, 0.4) is 0 Å². The van der Waals surface area contributed by atoms with Gasteiger partial charge >= 0.3 is 0 Å². The summed E-state index contributed by atoms with van der Waals surface area (Å²) in [6.07, 6.45) is 2.88. The van der Waals surface area contributed by atoms with E-state index in [0.29, 0.717) is 16.4 Å². The molecule has 0 spiro atoms. The highest BCUT2D eigenvalue weighted by Gasteiger charge is 2.10. The SMILES string of the molecule is Nc1ccc(-c2csc(NC(=O)c3ccnnc3)n2)cc1. The maximum absolute atomic E-state index is 12.0. The summed E-state index contributed by atoms with van der Waals surface area (Å²) in [5.41, 5.74) is 8.54. The van der Waals surface area contributed by atoms with Crippen LogP contribution in [0.1, 0.15) is 10.4 Å². The maximum Gasteiger partial charge on any atom is 0.259 e. The van der Waals surface area contributed by atoms with Gasteiger partial charge in [0.25, 0.3) is 5.91 Å². The van der Waals surface area contributed by atoms with E-state index in [1.54, 1.807) is 6.07 Å². The van der Waals surface area contributed by atoms with E-state index in [9.17, 15) is 4.79 Å². The molecule has 0 aliphatic rings. The van der Waals surface area contributed by atoms with Crippen molar-refractivity contribution in [3.8, 4) is 11.3 Å². The lowest BCUT2D eigenvalue weighted by molar-refractivity contribution is 0.102. The summed E-state index contributed by atoms with van der Waals surface area (Å²) in [7, 11) is 0. The summed E-state index contributed by atoms with van der Waals surface area (Å²) in [4.78, 5) is 16.4. The zero-order valence-corrected chi connectivity index (χ0v) is 11.7. The average Bonchev–Trinajstić information content (AvgIpc) is 2.97. The van der Waals surface area contributed by atoms with Gasteiger partial charge in [-0.15, -0.1) is 11.3 Å². The van der Waals surface area contributed by atoms with Gasteiger partial charge in [-0.1, -0.05) is 12.1 Å². The number of hydrogen-bond acceptors (Lipinski definition) is 6. The minimum atomic E-state index is -0.261. The molecule has 0 fully saturated rings. The van der Waals surface area contributed by atoms with Crippen molar-refractivity contribution >= 4 is 28.1 Å². The molecule has 0 aliphatic carbocycles. The second kappa shape index (κ2) is 5.68. The quantitative estimate of drug-likeness (QED) is 0.724. The topological polar surface area (TPSA) is 93.8 Å². The Balaban J connectivity index is 1.76. The molecule has 0 aliphatic heterocycles. The highest BCUT2D eigenvalue weighted by molar-refractivity contribution is 7.14. The Morgan fingerprint density at radius 1 is 1.14 bits per heavy atom. The Labute approximate surface area is 124 Å². The molecular weight excluding hydrogens is 286 g/mol. The normalized spacial score (nSPS) is 10.3. The van der Waals surface area contributed by atoms with Crippen molar-refractivity contribution in [1.29, 1.82) is 0 Å². The van der Waals surface area contributed by atoms with Gasteiger partial charge in [-0.25, -0.2) is 4.98 Å². The number of nitrogens with zero attached hydrogens (tertiary/aromatic N) is 3. The molecule has 0 bridgehead atoms. The van der Waals surface area contributed by atoms with Crippen LogP contribution in [0.2, 0.25) is 0 Å². The van der Waals surface area contributed by atoms with Gasteiger partial charge in [-0.05, 0) is 18.2 Å². The van der Waals surface area contributed by atoms with Crippen LogP contribution in [0, 0.1) is 0 Å². The summed E-state index contributed by atoms with van der Waals surface area (Å²) in [6.45, 7) is 0. The Bertz CT molecular complexity index is 755. The van der Waals surface area contributed by atoms with E-state index < -0.39 is 0 Å². The van der Waals surface area contributed by atoms with Crippen molar-refractivity contribution in [2.45, 2.75) is 0 Å². The smallest absolute Gasteiger partial charge is 0.259 e. The Morgan fingerprint density at radius 3 is 2.67 bits per heavy atom. The summed E-state index contributed by atoms with van der Waals surface area (Å²) in [6, 6.07) is 9.01. The molecule has 0 atom stereocenters. The molecule has 104 valence electrons. The Morgan fingerprint density at radius 2 is 1.95 bits per heavy atom. The monoisotopic (exact) mass is 297 g/mol. The third kappa shape index (κ3) is 3.03. The molecule has 1 aromatic carbocycles. The number of carbonyl (C=O) groups excluding carboxylic acids is 1. The van der Waals surface area contributed by atoms with E-state index in [-0.39, 0.29) is 5.91 Å². The molecule has 2 heterocycles. The van der Waals surface area contributed by atoms with Crippen LogP contribution in [0.25, 0.3) is 11.3 Å². The van der Waals surface area contributed by atoms with Crippen molar-refractivity contribution in [2.24, 2.45) is 0 Å². The number of carbonyl (C=O) groups is 1. The Hall–Kier alpha value is -2.80. The first-order valence-corrected chi connectivity index (χ1v) is 7.00. The van der Waals surface area contributed by atoms with Gasteiger partial charge in [-0.3, -0.25) is 10.1 Å². The molecule has 3 N–H and O–H groups in total. The molecule has 3 aromatic rings. The van der Waals surface area contributed by atoms with Crippen LogP contribution in [-0.2, 0) is 0 Å². The van der Waals surface area contributed by atoms with Crippen LogP contribution in [-0.4, -0.2) is 21.1 Å². The second-order valence-corrected chi connectivity index (χ2v) is 5.10. The van der Waals surface area contributed by atoms with E-state index in [2.05, 4.69) is 20.5 Å². The maximum atomic E-state index is 12.0. The van der Waals surface area contributed by atoms with Crippen molar-refractivity contribution in [2.75, 3.05) is 11.1 Å². The number of thiazole rings is 1. The van der Waals surface area contributed by atoms with Crippen molar-refractivity contribution in [3.63, 3.8) is 0 Å². The summed E-state index contributed by atoms with van der Waals surface area (Å²) < 4.78 is 0. The molecule has 0 saturated heterocycles. The first-order chi connectivity index (χ1) is 10.2. The third-order valence-corrected chi connectivity index (χ3v) is 3.54. The zero-order chi connectivity index (χ0) is 14.7. The van der Waals surface area contributed by atoms with Crippen molar-refractivity contribution in [3.05, 3.63) is 53.7 Å². The predicted molar refractivity (Wildman–Crippen MR) is 81.9 cm³/mol. The fraction of sp³-hybridized carbons (Fsp3) is 0. The second-order valence-electron chi connectivity index (χ2n) is 4.25. The van der Waals surface area contributed by atoms with Crippen LogP contribution in [0.4, 0.5) is 10.8 Å². The highest BCUT2D eigenvalue weighted by atomic mass is 32.1. The van der Waals surface area contributed by atoms with Crippen LogP contribution in [0.15, 0.2) is 48.1 Å². The number of amides is 1. The molecule has 0 radical (unpaired) electrons. The number of nitrogens with one attached hydrogen (secondary N) is 1. The lowest BCUT2D eigenvalue weighted by atomic mass is 10.1. The standard InChI is InChI=1S/C14H11N5OS/c15-11-3-1-9(2-4-11)12-8-21-14(18-12)19-13(20)10-5-6-16-17-7-10/h1-8H,15H2,(H,18,19,20). The van der Waals surface area contributed by atoms with Gasteiger partial charge in [0, 0.05) is 16.6 Å². The van der Waals surface area contributed by atoms with Gasteiger partial charge in [-0.2, -0.15) is 10.2 Å². The minimum absolute atomic E-state index is 0.261. The van der Waals surface area contributed by atoms with E-state index in [1.165, 1.54) is 23.7 Å². The largest absolute Gasteiger partial charge is 0.399 e. The molecule has 7 heteroatoms. The average molecular weight is 297 g/mol. The fourth-order valence-corrected chi connectivity index (χ4v) is 2.43. The fourth-order valence-electron chi connectivity index (χ4n) is 1.71. The molecule has 1 amide bonds. The van der Waals surface area contributed by atoms with Crippen molar-refractivity contribution in [1.82, 2.24) is 15.2 Å². The first kappa shape index (κ1) is 13.2. The van der Waals surface area contributed by atoms with Crippen LogP contribution < -0.4 is 11.1 Å². The number of nitrogen functional groups attached to an aromatic ring is 1. The third-order valence-electron chi connectivity index (χ3n) is 2.78. The predicted octanol–water partition coefficient (Wildman–Crippen LogP) is 2.43. The summed E-state index contributed by atoms with van der Waals surface area (Å²) in [5, 5.41) is 12.4. The van der Waals surface area contributed by atoms with Gasteiger partial charge in [0.1, 0.15) is 0 Å². The zero-order valence-electron chi connectivity index (χ0n) is 10.9. The molecule has 2 aromatic heterocycles. The highest BCUT2D eigenvalue weighted by Crippen LogP contribution is 2.25. The lowest BCUT2D eigenvalue weighted by Crippen LogP contribution is -2.12. The number of aromatic nitrogens is 3. The number of nitrogens with two attached hydrogens (primary N) is 1. The molecular formula is C14H11N5OS. The van der Waals surface area contributed by atoms with Gasteiger partial charge < -0.3 is 5.73 Å². The molecule has 6 nitrogen and oxygen atoms in total. The molecule has 0 unspecified atom stereocenters. The summed E-state index contributed by atoms with van der Waals surface area (Å²) >= 11 is 1.36. The minimum Gasteiger partial charge on any atom is -0.399 e. The molecule has 3 rings (SSSR count). The van der Waals surface area contributed by atoms with Crippen molar-refractivity contribution < 1.29 is 4.79 Å². The number of rotatable bonds is 3. The number of benzene rings is 1. The molecule has 21 heavy (non-hydrogen) atoms. The van der Waals surface area contributed by atoms with E-state index in [1.807, 2.05) is 29.6 Å².